The zero-order valence-electron chi connectivity index (χ0n) is 15.6. The van der Waals surface area contributed by atoms with Gasteiger partial charge in [0.2, 0.25) is 5.91 Å². The van der Waals surface area contributed by atoms with Gasteiger partial charge in [-0.05, 0) is 18.0 Å². The van der Waals surface area contributed by atoms with Crippen LogP contribution in [0.15, 0.2) is 24.4 Å². The zero-order valence-corrected chi connectivity index (χ0v) is 6.59. The first kappa shape index (κ1) is 2.80. The molecule has 0 aromatic carbocycles. The summed E-state index contributed by atoms with van der Waals surface area (Å²) in [6.07, 6.45) is -4.21. The molecule has 0 bridgehead atoms. The van der Waals surface area contributed by atoms with Gasteiger partial charge in [-0.15, -0.1) is 0 Å². The number of aromatic nitrogens is 1. The molecule has 1 atom stereocenters. The molecular formula is C10H12N2O. The van der Waals surface area contributed by atoms with Crippen LogP contribution in [0.3, 0.4) is 0 Å². The number of likely N-dealkylation sites (tertiary alicyclic amines) is 1. The summed E-state index contributed by atoms with van der Waals surface area (Å²) in [5.74, 6) is -1.25. The van der Waals surface area contributed by atoms with Gasteiger partial charge >= 0.3 is 0 Å². The Morgan fingerprint density at radius 3 is 3.69 bits per heavy atom. The highest BCUT2D eigenvalue weighted by Crippen LogP contribution is 2.30. The van der Waals surface area contributed by atoms with Gasteiger partial charge < -0.3 is 4.90 Å². The number of hydrogen-bond acceptors (Lipinski definition) is 2. The lowest BCUT2D eigenvalue weighted by atomic mass is 10.1. The number of amides is 1. The fourth-order valence-electron chi connectivity index (χ4n) is 1.13. The zero-order chi connectivity index (χ0) is 17.0. The Kier molecular flexibility index (Phi) is 0.683. The molecule has 0 spiro atoms. The summed E-state index contributed by atoms with van der Waals surface area (Å²) in [7, 11) is 0. The fourth-order valence-corrected chi connectivity index (χ4v) is 1.13. The molecule has 0 saturated carbocycles. The van der Waals surface area contributed by atoms with Crippen molar-refractivity contribution in [1.82, 2.24) is 9.88 Å². The molecular weight excluding hydrogens is 164 g/mol. The maximum absolute atomic E-state index is 12.0. The van der Waals surface area contributed by atoms with E-state index in [1.165, 1.54) is 0 Å². The predicted molar refractivity (Wildman–Crippen MR) is 49.0 cm³/mol. The first-order valence-electron chi connectivity index (χ1n) is 8.16. The van der Waals surface area contributed by atoms with E-state index in [1.807, 2.05) is 0 Å². The molecule has 1 fully saturated rings. The Hall–Kier alpha value is -1.38. The highest BCUT2D eigenvalue weighted by Gasteiger charge is 2.28. The molecule has 0 aliphatic carbocycles. The maximum atomic E-state index is 12.0. The Labute approximate surface area is 90.0 Å². The molecule has 1 amide bonds. The number of rotatable bonds is 1. The van der Waals surface area contributed by atoms with Crippen LogP contribution in [0, 0.1) is 0 Å². The van der Waals surface area contributed by atoms with Gasteiger partial charge in [-0.2, -0.15) is 0 Å². The van der Waals surface area contributed by atoms with E-state index in [9.17, 15) is 4.79 Å². The SMILES string of the molecule is [2H]c1nc([2H])c([C@@H]2CC([2H])([2H])C(=O)N2C([2H])([2H])[2H])c([2H])c1[2H]. The second-order valence-electron chi connectivity index (χ2n) is 2.57. The molecule has 1 aromatic heterocycles. The molecule has 1 aliphatic heterocycles. The summed E-state index contributed by atoms with van der Waals surface area (Å²) in [6.45, 7) is -2.95. The van der Waals surface area contributed by atoms with Crippen molar-refractivity contribution in [3.63, 3.8) is 0 Å². The van der Waals surface area contributed by atoms with E-state index in [1.54, 1.807) is 0 Å². The predicted octanol–water partition coefficient (Wildman–Crippen LogP) is 1.37. The molecule has 0 unspecified atom stereocenters. The van der Waals surface area contributed by atoms with Crippen LogP contribution >= 0.6 is 0 Å². The molecule has 1 aliphatic rings. The van der Waals surface area contributed by atoms with Crippen molar-refractivity contribution in [3.8, 4) is 0 Å². The lowest BCUT2D eigenvalue weighted by molar-refractivity contribution is -0.127. The van der Waals surface area contributed by atoms with Crippen LogP contribution in [0.2, 0.25) is 0 Å². The molecule has 68 valence electrons. The quantitative estimate of drug-likeness (QED) is 0.662. The summed E-state index contributed by atoms with van der Waals surface area (Å²) >= 11 is 0. The topological polar surface area (TPSA) is 33.2 Å². The third-order valence-corrected chi connectivity index (χ3v) is 1.80. The van der Waals surface area contributed by atoms with Crippen LogP contribution < -0.4 is 0 Å². The van der Waals surface area contributed by atoms with Crippen LogP contribution in [-0.4, -0.2) is 22.8 Å². The van der Waals surface area contributed by atoms with E-state index in [0.717, 1.165) is 0 Å². The average Bonchev–Trinajstić information content (AvgIpc) is 2.57. The van der Waals surface area contributed by atoms with E-state index in [0.29, 0.717) is 4.90 Å². The van der Waals surface area contributed by atoms with Gasteiger partial charge in [0.15, 0.2) is 0 Å². The van der Waals surface area contributed by atoms with Crippen molar-refractivity contribution in [2.45, 2.75) is 18.8 Å². The van der Waals surface area contributed by atoms with E-state index in [4.69, 9.17) is 12.3 Å². The van der Waals surface area contributed by atoms with Gasteiger partial charge in [0, 0.05) is 32.5 Å². The number of pyridine rings is 1. The van der Waals surface area contributed by atoms with Crippen LogP contribution in [0.5, 0.6) is 0 Å². The number of nitrogens with zero attached hydrogens (tertiary/aromatic N) is 2. The third kappa shape index (κ3) is 1.41. The minimum absolute atomic E-state index is 0.323. The van der Waals surface area contributed by atoms with Gasteiger partial charge in [0.25, 0.3) is 0 Å². The molecule has 1 saturated heterocycles. The van der Waals surface area contributed by atoms with E-state index >= 15 is 0 Å². The van der Waals surface area contributed by atoms with Crippen LogP contribution in [0.25, 0.3) is 0 Å². The highest BCUT2D eigenvalue weighted by atomic mass is 16.2. The Bertz CT molecular complexity index is 642. The van der Waals surface area contributed by atoms with Crippen LogP contribution in [-0.2, 0) is 4.79 Å². The third-order valence-electron chi connectivity index (χ3n) is 1.80. The van der Waals surface area contributed by atoms with Crippen molar-refractivity contribution in [2.24, 2.45) is 0 Å². The Morgan fingerprint density at radius 2 is 2.85 bits per heavy atom. The molecule has 13 heavy (non-hydrogen) atoms. The summed E-state index contributed by atoms with van der Waals surface area (Å²) in [6, 6.07) is -2.58. The van der Waals surface area contributed by atoms with Crippen molar-refractivity contribution in [1.29, 1.82) is 0 Å². The van der Waals surface area contributed by atoms with E-state index in [-0.39, 0.29) is 5.56 Å². The van der Waals surface area contributed by atoms with E-state index < -0.39 is 56.1 Å². The normalized spacial score (nSPS) is 37.2. The molecule has 0 N–H and O–H groups in total. The van der Waals surface area contributed by atoms with E-state index in [2.05, 4.69) is 4.98 Å². The summed E-state index contributed by atoms with van der Waals surface area (Å²) < 4.78 is 67.9. The lowest BCUT2D eigenvalue weighted by Gasteiger charge is -2.19. The van der Waals surface area contributed by atoms with Gasteiger partial charge in [-0.1, -0.05) is 6.04 Å². The van der Waals surface area contributed by atoms with Gasteiger partial charge in [0.05, 0.1) is 11.5 Å². The Morgan fingerprint density at radius 1 is 1.92 bits per heavy atom. The minimum atomic E-state index is -2.95. The second kappa shape index (κ2) is 3.17. The molecule has 3 heteroatoms. The van der Waals surface area contributed by atoms with Crippen molar-refractivity contribution < 1.29 is 17.1 Å². The van der Waals surface area contributed by atoms with Gasteiger partial charge in [-0.25, -0.2) is 0 Å². The van der Waals surface area contributed by atoms with Crippen molar-refractivity contribution in [2.75, 3.05) is 6.98 Å². The monoisotopic (exact) mass is 185 g/mol. The summed E-state index contributed by atoms with van der Waals surface area (Å²) in [4.78, 5) is 15.8. The van der Waals surface area contributed by atoms with Crippen LogP contribution in [0.4, 0.5) is 0 Å². The smallest absolute Gasteiger partial charge is 0.222 e. The van der Waals surface area contributed by atoms with Crippen molar-refractivity contribution >= 4 is 5.91 Å². The maximum Gasteiger partial charge on any atom is 0.222 e. The van der Waals surface area contributed by atoms with Gasteiger partial charge in [-0.3, -0.25) is 9.78 Å². The Balaban J connectivity index is 2.66. The molecule has 0 radical (unpaired) electrons. The molecule has 1 aromatic rings. The largest absolute Gasteiger partial charge is 0.339 e. The molecule has 2 heterocycles. The lowest BCUT2D eigenvalue weighted by Crippen LogP contribution is -2.22. The molecule has 2 rings (SSSR count). The summed E-state index contributed by atoms with van der Waals surface area (Å²) in [5, 5.41) is 0. The number of carbonyl (C=O) groups is 1. The average molecular weight is 185 g/mol. The van der Waals surface area contributed by atoms with Crippen LogP contribution in [0.1, 0.15) is 36.7 Å². The first-order chi connectivity index (χ1) is 9.88. The minimum Gasteiger partial charge on any atom is -0.339 e. The first-order valence-corrected chi connectivity index (χ1v) is 3.66. The fraction of sp³-hybridized carbons (Fsp3) is 0.400. The summed E-state index contributed by atoms with van der Waals surface area (Å²) in [5.41, 5.74) is -0.327. The second-order valence-corrected chi connectivity index (χ2v) is 2.57. The number of hydrogen-bond donors (Lipinski definition) is 0. The number of carbonyl (C=O) groups excluding carboxylic acids is 1. The van der Waals surface area contributed by atoms with Gasteiger partial charge in [0.1, 0.15) is 0 Å². The standard InChI is InChI=1S/C10H12N2O/c1-12-9(4-5-10(12)13)8-3-2-6-11-7-8/h2-3,6-7,9H,4-5H2,1H3/t9-/m0/s1/i1D3,2D,3D,5D2,6D,7D. The molecule has 3 nitrogen and oxygen atoms in total. The van der Waals surface area contributed by atoms with Crippen molar-refractivity contribution in [3.05, 3.63) is 30.0 Å². The highest BCUT2D eigenvalue weighted by molar-refractivity contribution is 5.78.